The molecule has 22 heavy (non-hydrogen) atoms. The van der Waals surface area contributed by atoms with Gasteiger partial charge in [0.15, 0.2) is 0 Å². The van der Waals surface area contributed by atoms with Gasteiger partial charge in [-0.1, -0.05) is 42.5 Å². The molecule has 1 fully saturated rings. The molecule has 0 aromatic heterocycles. The number of halogens is 2. The van der Waals surface area contributed by atoms with E-state index in [1.54, 1.807) is 36.4 Å². The first-order valence-corrected chi connectivity index (χ1v) is 6.97. The van der Waals surface area contributed by atoms with Crippen LogP contribution in [0, 0.1) is 17.6 Å². The van der Waals surface area contributed by atoms with Gasteiger partial charge in [0, 0.05) is 11.5 Å². The van der Waals surface area contributed by atoms with E-state index in [9.17, 15) is 13.6 Å². The van der Waals surface area contributed by atoms with Gasteiger partial charge in [0.1, 0.15) is 11.6 Å². The van der Waals surface area contributed by atoms with E-state index in [-0.39, 0.29) is 5.92 Å². The Hall–Kier alpha value is -2.49. The Balaban J connectivity index is 2.12. The van der Waals surface area contributed by atoms with Crippen LogP contribution in [0.5, 0.6) is 0 Å². The molecule has 1 N–H and O–H groups in total. The molecule has 112 valence electrons. The van der Waals surface area contributed by atoms with E-state index in [4.69, 9.17) is 5.11 Å². The summed E-state index contributed by atoms with van der Waals surface area (Å²) in [5.41, 5.74) is -0.0249. The van der Waals surface area contributed by atoms with Gasteiger partial charge in [-0.25, -0.2) is 13.6 Å². The normalized spacial score (nSPS) is 19.3. The minimum Gasteiger partial charge on any atom is -0.478 e. The molecule has 0 saturated heterocycles. The summed E-state index contributed by atoms with van der Waals surface area (Å²) in [6, 6.07) is 12.5. The van der Waals surface area contributed by atoms with Crippen molar-refractivity contribution in [2.24, 2.45) is 5.92 Å². The Morgan fingerprint density at radius 1 is 1.05 bits per heavy atom. The van der Waals surface area contributed by atoms with Crippen LogP contribution in [0.1, 0.15) is 17.5 Å². The molecular formula is C18H14F2O2. The molecule has 0 unspecified atom stereocenters. The van der Waals surface area contributed by atoms with Crippen LogP contribution in [-0.4, -0.2) is 11.1 Å². The summed E-state index contributed by atoms with van der Waals surface area (Å²) in [5.74, 6) is -2.12. The van der Waals surface area contributed by atoms with Gasteiger partial charge < -0.3 is 5.11 Å². The van der Waals surface area contributed by atoms with Gasteiger partial charge in [-0.15, -0.1) is 0 Å². The first-order valence-electron chi connectivity index (χ1n) is 6.97. The van der Waals surface area contributed by atoms with Crippen LogP contribution in [0.3, 0.4) is 0 Å². The van der Waals surface area contributed by atoms with Crippen LogP contribution in [0.4, 0.5) is 8.78 Å². The monoisotopic (exact) mass is 300 g/mol. The molecule has 0 radical (unpaired) electrons. The predicted octanol–water partition coefficient (Wildman–Crippen LogP) is 3.91. The summed E-state index contributed by atoms with van der Waals surface area (Å²) in [7, 11) is 0. The van der Waals surface area contributed by atoms with Crippen LogP contribution in [0.2, 0.25) is 0 Å². The third kappa shape index (κ3) is 2.30. The van der Waals surface area contributed by atoms with Crippen molar-refractivity contribution in [3.05, 3.63) is 83.4 Å². The number of hydrogen-bond acceptors (Lipinski definition) is 1. The molecule has 4 heteroatoms. The first kappa shape index (κ1) is 14.4. The smallest absolute Gasteiger partial charge is 0.327 e. The lowest BCUT2D eigenvalue weighted by atomic mass is 9.85. The summed E-state index contributed by atoms with van der Waals surface area (Å²) in [6.07, 6.45) is 3.04. The molecule has 1 aliphatic carbocycles. The third-order valence-corrected chi connectivity index (χ3v) is 4.19. The molecule has 1 aliphatic rings. The zero-order chi connectivity index (χ0) is 15.7. The highest BCUT2D eigenvalue weighted by molar-refractivity contribution is 5.80. The first-order chi connectivity index (χ1) is 10.6. The van der Waals surface area contributed by atoms with E-state index < -0.39 is 23.0 Å². The van der Waals surface area contributed by atoms with Crippen molar-refractivity contribution in [1.29, 1.82) is 0 Å². The van der Waals surface area contributed by atoms with Gasteiger partial charge in [-0.3, -0.25) is 0 Å². The number of benzene rings is 2. The molecule has 0 heterocycles. The number of aliphatic carboxylic acids is 1. The second-order valence-electron chi connectivity index (χ2n) is 5.44. The zero-order valence-electron chi connectivity index (χ0n) is 11.7. The lowest BCUT2D eigenvalue weighted by Crippen LogP contribution is -2.16. The highest BCUT2D eigenvalue weighted by atomic mass is 19.1. The number of allylic oxidation sites excluding steroid dienone is 1. The van der Waals surface area contributed by atoms with Crippen molar-refractivity contribution in [3.8, 4) is 0 Å². The van der Waals surface area contributed by atoms with Gasteiger partial charge in [-0.05, 0) is 35.6 Å². The molecule has 2 aromatic carbocycles. The molecule has 0 bridgehead atoms. The molecule has 1 saturated carbocycles. The van der Waals surface area contributed by atoms with Crippen LogP contribution >= 0.6 is 0 Å². The third-order valence-electron chi connectivity index (χ3n) is 4.19. The summed E-state index contributed by atoms with van der Waals surface area (Å²) in [6.45, 7) is 0. The Labute approximate surface area is 126 Å². The number of hydrogen-bond donors (Lipinski definition) is 1. The van der Waals surface area contributed by atoms with Gasteiger partial charge in [0.25, 0.3) is 0 Å². The lowest BCUT2D eigenvalue weighted by molar-refractivity contribution is -0.131. The minimum absolute atomic E-state index is 0.239. The number of carboxylic acid groups (broad SMARTS) is 1. The minimum atomic E-state index is -1.07. The standard InChI is InChI=1S/C18H14F2O2/c19-15-7-3-1-5-13(15)18(11-12(18)9-10-17(21)22)14-6-2-4-8-16(14)20/h1-10,12H,11H2,(H,21,22)/b10-9+/t12-/m0/s1. The fraction of sp³-hybridized carbons (Fsp3) is 0.167. The second-order valence-corrected chi connectivity index (χ2v) is 5.44. The van der Waals surface area contributed by atoms with E-state index in [1.807, 2.05) is 0 Å². The van der Waals surface area contributed by atoms with Gasteiger partial charge in [0.05, 0.1) is 0 Å². The predicted molar refractivity (Wildman–Crippen MR) is 78.5 cm³/mol. The van der Waals surface area contributed by atoms with Crippen LogP contribution in [0.25, 0.3) is 0 Å². The van der Waals surface area contributed by atoms with E-state index >= 15 is 0 Å². The number of carboxylic acids is 1. The molecule has 0 amide bonds. The second kappa shape index (κ2) is 5.37. The lowest BCUT2D eigenvalue weighted by Gasteiger charge is -2.19. The molecule has 2 aromatic rings. The number of rotatable bonds is 4. The Bertz CT molecular complexity index is 707. The van der Waals surface area contributed by atoms with Crippen molar-refractivity contribution < 1.29 is 18.7 Å². The van der Waals surface area contributed by atoms with Gasteiger partial charge in [-0.2, -0.15) is 0 Å². The highest BCUT2D eigenvalue weighted by Gasteiger charge is 2.57. The van der Waals surface area contributed by atoms with E-state index in [2.05, 4.69) is 0 Å². The van der Waals surface area contributed by atoms with E-state index in [1.165, 1.54) is 18.2 Å². The summed E-state index contributed by atoms with van der Waals surface area (Å²) in [4.78, 5) is 10.7. The topological polar surface area (TPSA) is 37.3 Å². The molecular weight excluding hydrogens is 286 g/mol. The molecule has 0 spiro atoms. The fourth-order valence-electron chi connectivity index (χ4n) is 3.13. The van der Waals surface area contributed by atoms with Crippen LogP contribution in [-0.2, 0) is 10.2 Å². The average molecular weight is 300 g/mol. The zero-order valence-corrected chi connectivity index (χ0v) is 11.7. The highest BCUT2D eigenvalue weighted by Crippen LogP contribution is 2.60. The number of carbonyl (C=O) groups is 1. The van der Waals surface area contributed by atoms with Crippen molar-refractivity contribution in [2.45, 2.75) is 11.8 Å². The van der Waals surface area contributed by atoms with E-state index in [0.29, 0.717) is 17.5 Å². The molecule has 2 nitrogen and oxygen atoms in total. The molecule has 1 atom stereocenters. The van der Waals surface area contributed by atoms with Crippen LogP contribution < -0.4 is 0 Å². The summed E-state index contributed by atoms with van der Waals surface area (Å²) < 4.78 is 28.5. The molecule has 0 aliphatic heterocycles. The quantitative estimate of drug-likeness (QED) is 0.869. The van der Waals surface area contributed by atoms with E-state index in [0.717, 1.165) is 6.08 Å². The largest absolute Gasteiger partial charge is 0.478 e. The van der Waals surface area contributed by atoms with Crippen molar-refractivity contribution >= 4 is 5.97 Å². The van der Waals surface area contributed by atoms with Gasteiger partial charge in [0.2, 0.25) is 0 Å². The average Bonchev–Trinajstić information content (AvgIpc) is 3.21. The Morgan fingerprint density at radius 2 is 1.55 bits per heavy atom. The maximum absolute atomic E-state index is 14.3. The summed E-state index contributed by atoms with van der Waals surface area (Å²) in [5, 5.41) is 8.78. The van der Waals surface area contributed by atoms with Gasteiger partial charge >= 0.3 is 5.97 Å². The maximum Gasteiger partial charge on any atom is 0.327 e. The van der Waals surface area contributed by atoms with Crippen molar-refractivity contribution in [2.75, 3.05) is 0 Å². The summed E-state index contributed by atoms with van der Waals surface area (Å²) >= 11 is 0. The molecule has 3 rings (SSSR count). The van der Waals surface area contributed by atoms with Crippen molar-refractivity contribution in [1.82, 2.24) is 0 Å². The van der Waals surface area contributed by atoms with Crippen LogP contribution in [0.15, 0.2) is 60.7 Å². The Morgan fingerprint density at radius 3 is 2.00 bits per heavy atom. The SMILES string of the molecule is O=C(O)/C=C/[C@H]1CC1(c1ccccc1F)c1ccccc1F. The Kier molecular flexibility index (Phi) is 3.53. The maximum atomic E-state index is 14.3. The fourth-order valence-corrected chi connectivity index (χ4v) is 3.13. The van der Waals surface area contributed by atoms with Crippen molar-refractivity contribution in [3.63, 3.8) is 0 Å².